The van der Waals surface area contributed by atoms with E-state index in [9.17, 15) is 5.11 Å². The van der Waals surface area contributed by atoms with Gasteiger partial charge >= 0.3 is 0 Å². The Bertz CT molecular complexity index is 722. The molecule has 0 spiro atoms. The highest BCUT2D eigenvalue weighted by molar-refractivity contribution is 7.95. The van der Waals surface area contributed by atoms with Crippen molar-refractivity contribution in [3.8, 4) is 0 Å². The standard InChI is InChI=1S/C24H26O2P/c1-2-18-26-19-21(25)20-27(22-12-6-3-7-13-22,23-14-8-4-9-15-23)24-16-10-5-11-17-24/h2-17,21,25H,1,18-20H2/q+1. The molecule has 3 rings (SSSR count). The van der Waals surface area contributed by atoms with E-state index < -0.39 is 13.4 Å². The molecular weight excluding hydrogens is 351 g/mol. The zero-order valence-electron chi connectivity index (χ0n) is 15.4. The Morgan fingerprint density at radius 1 is 0.778 bits per heavy atom. The number of ether oxygens (including phenoxy) is 1. The van der Waals surface area contributed by atoms with Gasteiger partial charge in [-0.1, -0.05) is 60.7 Å². The molecule has 1 atom stereocenters. The number of hydrogen-bond donors (Lipinski definition) is 1. The molecule has 3 aromatic rings. The third-order valence-electron chi connectivity index (χ3n) is 4.62. The first-order valence-electron chi connectivity index (χ1n) is 9.19. The third kappa shape index (κ3) is 4.54. The first-order valence-corrected chi connectivity index (χ1v) is 11.2. The molecule has 138 valence electrons. The number of aliphatic hydroxyl groups excluding tert-OH is 1. The van der Waals surface area contributed by atoms with Gasteiger partial charge in [-0.05, 0) is 36.4 Å². The normalized spacial score (nSPS) is 12.5. The minimum absolute atomic E-state index is 0.306. The van der Waals surface area contributed by atoms with Crippen molar-refractivity contribution in [3.05, 3.63) is 104 Å². The maximum Gasteiger partial charge on any atom is 0.114 e. The van der Waals surface area contributed by atoms with Crippen LogP contribution in [-0.4, -0.2) is 30.6 Å². The molecule has 1 N–H and O–H groups in total. The first kappa shape index (κ1) is 19.5. The summed E-state index contributed by atoms with van der Waals surface area (Å²) in [5.74, 6) is 0. The molecule has 3 aromatic carbocycles. The van der Waals surface area contributed by atoms with Crippen LogP contribution in [0.3, 0.4) is 0 Å². The molecule has 0 fully saturated rings. The second-order valence-electron chi connectivity index (χ2n) is 6.48. The van der Waals surface area contributed by atoms with Gasteiger partial charge in [-0.15, -0.1) is 6.58 Å². The maximum atomic E-state index is 10.9. The van der Waals surface area contributed by atoms with Gasteiger partial charge in [0.2, 0.25) is 0 Å². The molecule has 0 saturated heterocycles. The smallest absolute Gasteiger partial charge is 0.114 e. The van der Waals surface area contributed by atoms with Crippen LogP contribution in [0.25, 0.3) is 0 Å². The van der Waals surface area contributed by atoms with E-state index in [4.69, 9.17) is 4.74 Å². The van der Waals surface area contributed by atoms with Gasteiger partial charge in [0.1, 0.15) is 35.4 Å². The molecular formula is C24H26O2P+. The van der Waals surface area contributed by atoms with E-state index >= 15 is 0 Å². The zero-order chi connectivity index (χ0) is 19.0. The first-order chi connectivity index (χ1) is 13.3. The molecule has 0 aromatic heterocycles. The van der Waals surface area contributed by atoms with Gasteiger partial charge < -0.3 is 9.84 Å². The summed E-state index contributed by atoms with van der Waals surface area (Å²) in [6, 6.07) is 31.7. The van der Waals surface area contributed by atoms with Crippen molar-refractivity contribution in [2.45, 2.75) is 6.10 Å². The van der Waals surface area contributed by atoms with Crippen molar-refractivity contribution in [2.24, 2.45) is 0 Å². The lowest BCUT2D eigenvalue weighted by Crippen LogP contribution is -2.38. The van der Waals surface area contributed by atoms with Gasteiger partial charge in [-0.3, -0.25) is 0 Å². The van der Waals surface area contributed by atoms with Crippen LogP contribution in [0.15, 0.2) is 104 Å². The van der Waals surface area contributed by atoms with E-state index in [-0.39, 0.29) is 0 Å². The highest BCUT2D eigenvalue weighted by atomic mass is 31.2. The summed E-state index contributed by atoms with van der Waals surface area (Å²) in [4.78, 5) is 0. The van der Waals surface area contributed by atoms with Crippen molar-refractivity contribution in [3.63, 3.8) is 0 Å². The molecule has 0 amide bonds. The maximum absolute atomic E-state index is 10.9. The molecule has 0 aliphatic rings. The Morgan fingerprint density at radius 3 is 1.56 bits per heavy atom. The summed E-state index contributed by atoms with van der Waals surface area (Å²) in [5.41, 5.74) is 0. The number of aliphatic hydroxyl groups is 1. The fourth-order valence-corrected chi connectivity index (χ4v) is 7.77. The van der Waals surface area contributed by atoms with E-state index in [1.165, 1.54) is 15.9 Å². The third-order valence-corrected chi connectivity index (χ3v) is 9.13. The largest absolute Gasteiger partial charge is 0.387 e. The van der Waals surface area contributed by atoms with Crippen LogP contribution in [0.2, 0.25) is 0 Å². The monoisotopic (exact) mass is 377 g/mol. The molecule has 0 bridgehead atoms. The Labute approximate surface area is 162 Å². The van der Waals surface area contributed by atoms with E-state index in [1.54, 1.807) is 6.08 Å². The SMILES string of the molecule is C=CCOCC(O)C[P+](c1ccccc1)(c1ccccc1)c1ccccc1. The van der Waals surface area contributed by atoms with E-state index in [0.717, 1.165) is 0 Å². The quantitative estimate of drug-likeness (QED) is 0.351. The van der Waals surface area contributed by atoms with E-state index in [2.05, 4.69) is 79.4 Å². The average molecular weight is 377 g/mol. The molecule has 3 heteroatoms. The fraction of sp³-hybridized carbons (Fsp3) is 0.167. The van der Waals surface area contributed by atoms with Crippen molar-refractivity contribution >= 4 is 23.2 Å². The van der Waals surface area contributed by atoms with Gasteiger partial charge in [-0.2, -0.15) is 0 Å². The summed E-state index contributed by atoms with van der Waals surface area (Å²) in [7, 11) is -2.01. The van der Waals surface area contributed by atoms with E-state index in [0.29, 0.717) is 19.4 Å². The molecule has 0 saturated carbocycles. The van der Waals surface area contributed by atoms with Gasteiger partial charge in [0.05, 0.1) is 13.2 Å². The summed E-state index contributed by atoms with van der Waals surface area (Å²) in [5, 5.41) is 14.7. The second-order valence-corrected chi connectivity index (χ2v) is 10.0. The Morgan fingerprint density at radius 2 is 1.19 bits per heavy atom. The molecule has 27 heavy (non-hydrogen) atoms. The summed E-state index contributed by atoms with van der Waals surface area (Å²) < 4.78 is 5.55. The highest BCUT2D eigenvalue weighted by Gasteiger charge is 2.46. The second kappa shape index (κ2) is 9.62. The summed E-state index contributed by atoms with van der Waals surface area (Å²) >= 11 is 0. The van der Waals surface area contributed by atoms with Crippen LogP contribution in [0.5, 0.6) is 0 Å². The number of rotatable bonds is 9. The van der Waals surface area contributed by atoms with Crippen LogP contribution >= 0.6 is 7.26 Å². The molecule has 0 aliphatic carbocycles. The van der Waals surface area contributed by atoms with Crippen molar-refractivity contribution in [1.29, 1.82) is 0 Å². The predicted octanol–water partition coefficient (Wildman–Crippen LogP) is 3.54. The Balaban J connectivity index is 2.12. The topological polar surface area (TPSA) is 29.5 Å². The molecule has 1 unspecified atom stereocenters. The fourth-order valence-electron chi connectivity index (χ4n) is 3.47. The average Bonchev–Trinajstić information content (AvgIpc) is 2.74. The molecule has 0 heterocycles. The van der Waals surface area contributed by atoms with E-state index in [1.807, 2.05) is 18.2 Å². The summed E-state index contributed by atoms with van der Waals surface area (Å²) in [6.07, 6.45) is 1.79. The lowest BCUT2D eigenvalue weighted by atomic mass is 10.3. The summed E-state index contributed by atoms with van der Waals surface area (Å²) in [6.45, 7) is 4.43. The van der Waals surface area contributed by atoms with Gasteiger partial charge in [0.15, 0.2) is 0 Å². The lowest BCUT2D eigenvalue weighted by Gasteiger charge is -2.29. The molecule has 2 nitrogen and oxygen atoms in total. The number of benzene rings is 3. The Hall–Kier alpha value is -2.25. The van der Waals surface area contributed by atoms with Gasteiger partial charge in [0.25, 0.3) is 0 Å². The minimum atomic E-state index is -2.01. The Kier molecular flexibility index (Phi) is 6.95. The van der Waals surface area contributed by atoms with Crippen molar-refractivity contribution < 1.29 is 9.84 Å². The zero-order valence-corrected chi connectivity index (χ0v) is 16.3. The number of hydrogen-bond acceptors (Lipinski definition) is 2. The van der Waals surface area contributed by atoms with Crippen LogP contribution in [0, 0.1) is 0 Å². The highest BCUT2D eigenvalue weighted by Crippen LogP contribution is 2.55. The minimum Gasteiger partial charge on any atom is -0.387 e. The van der Waals surface area contributed by atoms with Gasteiger partial charge in [-0.25, -0.2) is 0 Å². The van der Waals surface area contributed by atoms with Gasteiger partial charge in [0, 0.05) is 0 Å². The lowest BCUT2D eigenvalue weighted by molar-refractivity contribution is 0.0619. The van der Waals surface area contributed by atoms with Crippen LogP contribution < -0.4 is 15.9 Å². The van der Waals surface area contributed by atoms with Crippen molar-refractivity contribution in [2.75, 3.05) is 19.4 Å². The van der Waals surface area contributed by atoms with Crippen LogP contribution in [-0.2, 0) is 4.74 Å². The molecule has 0 aliphatic heterocycles. The van der Waals surface area contributed by atoms with Crippen molar-refractivity contribution in [1.82, 2.24) is 0 Å². The predicted molar refractivity (Wildman–Crippen MR) is 117 cm³/mol. The van der Waals surface area contributed by atoms with Crippen LogP contribution in [0.1, 0.15) is 0 Å². The molecule has 0 radical (unpaired) electrons. The van der Waals surface area contributed by atoms with Crippen LogP contribution in [0.4, 0.5) is 0 Å².